The van der Waals surface area contributed by atoms with Crippen molar-refractivity contribution in [2.24, 2.45) is 11.8 Å². The molecule has 0 aliphatic heterocycles. The van der Waals surface area contributed by atoms with Gasteiger partial charge in [-0.2, -0.15) is 0 Å². The molecule has 0 aromatic heterocycles. The minimum Gasteiger partial charge on any atom is -0.0654 e. The molecule has 134 valence electrons. The predicted molar refractivity (Wildman–Crippen MR) is 104 cm³/mol. The molecule has 0 amide bonds. The van der Waals surface area contributed by atoms with Crippen LogP contribution in [0.3, 0.4) is 0 Å². The van der Waals surface area contributed by atoms with Crippen LogP contribution >= 0.6 is 0 Å². The number of unbranched alkanes of at least 4 members (excludes halogenated alkanes) is 11. The van der Waals surface area contributed by atoms with Gasteiger partial charge in [-0.25, -0.2) is 0 Å². The molecule has 1 atom stereocenters. The van der Waals surface area contributed by atoms with Crippen LogP contribution in [0.1, 0.15) is 130 Å². The summed E-state index contributed by atoms with van der Waals surface area (Å²) in [6.07, 6.45) is 23.4. The Morgan fingerprint density at radius 3 is 1.32 bits per heavy atom. The van der Waals surface area contributed by atoms with Crippen molar-refractivity contribution in [2.75, 3.05) is 0 Å². The van der Waals surface area contributed by atoms with E-state index in [4.69, 9.17) is 0 Å². The lowest BCUT2D eigenvalue weighted by molar-refractivity contribution is 0.417. The molecule has 0 aromatic rings. The van der Waals surface area contributed by atoms with Gasteiger partial charge in [0, 0.05) is 0 Å². The summed E-state index contributed by atoms with van der Waals surface area (Å²) in [7, 11) is 0. The van der Waals surface area contributed by atoms with Crippen LogP contribution in [-0.4, -0.2) is 0 Å². The van der Waals surface area contributed by atoms with Gasteiger partial charge in [0.15, 0.2) is 0 Å². The van der Waals surface area contributed by atoms with Crippen molar-refractivity contribution >= 4 is 0 Å². The van der Waals surface area contributed by atoms with E-state index in [1.165, 1.54) is 103 Å². The van der Waals surface area contributed by atoms with E-state index in [2.05, 4.69) is 27.7 Å². The van der Waals surface area contributed by atoms with Crippen LogP contribution < -0.4 is 0 Å². The van der Waals surface area contributed by atoms with Crippen LogP contribution in [0.5, 0.6) is 0 Å². The van der Waals surface area contributed by atoms with Gasteiger partial charge in [0.25, 0.3) is 0 Å². The molecule has 0 saturated heterocycles. The second-order valence-electron chi connectivity index (χ2n) is 8.11. The summed E-state index contributed by atoms with van der Waals surface area (Å²) in [5.74, 6) is 1.85. The van der Waals surface area contributed by atoms with Crippen molar-refractivity contribution in [2.45, 2.75) is 130 Å². The van der Waals surface area contributed by atoms with E-state index in [0.717, 1.165) is 11.8 Å². The van der Waals surface area contributed by atoms with E-state index in [1.807, 2.05) is 0 Å². The van der Waals surface area contributed by atoms with Gasteiger partial charge in [-0.3, -0.25) is 0 Å². The highest BCUT2D eigenvalue weighted by Gasteiger charge is 2.03. The van der Waals surface area contributed by atoms with E-state index in [1.54, 1.807) is 0 Å². The first kappa shape index (κ1) is 22.0. The first-order chi connectivity index (χ1) is 10.7. The molecule has 0 aliphatic carbocycles. The summed E-state index contributed by atoms with van der Waals surface area (Å²) >= 11 is 0. The standard InChI is InChI=1S/C22H46/c1-5-6-7-8-9-10-11-12-13-14-15-16-19-22(4)20-17-18-21(2)3/h21-22H,5-20H2,1-4H3. The number of hydrogen-bond acceptors (Lipinski definition) is 0. The van der Waals surface area contributed by atoms with Crippen molar-refractivity contribution in [3.63, 3.8) is 0 Å². The van der Waals surface area contributed by atoms with Gasteiger partial charge in [0.05, 0.1) is 0 Å². The first-order valence-electron chi connectivity index (χ1n) is 10.7. The maximum Gasteiger partial charge on any atom is -0.0443 e. The number of rotatable bonds is 17. The normalized spacial score (nSPS) is 13.0. The quantitative estimate of drug-likeness (QED) is 0.236. The van der Waals surface area contributed by atoms with Crippen molar-refractivity contribution in [3.8, 4) is 0 Å². The van der Waals surface area contributed by atoms with Crippen LogP contribution in [0, 0.1) is 11.8 Å². The fourth-order valence-corrected chi connectivity index (χ4v) is 3.35. The SMILES string of the molecule is CCCCCCCCCCCCCCC(C)CCCC(C)C. The summed E-state index contributed by atoms with van der Waals surface area (Å²) in [5.41, 5.74) is 0. The Labute approximate surface area is 142 Å². The van der Waals surface area contributed by atoms with E-state index in [0.29, 0.717) is 0 Å². The smallest absolute Gasteiger partial charge is 0.0443 e. The molecule has 22 heavy (non-hydrogen) atoms. The Bertz CT molecular complexity index is 194. The fraction of sp³-hybridized carbons (Fsp3) is 1.00. The van der Waals surface area contributed by atoms with Crippen LogP contribution in [0.25, 0.3) is 0 Å². The average Bonchev–Trinajstić information content (AvgIpc) is 2.48. The van der Waals surface area contributed by atoms with E-state index < -0.39 is 0 Å². The molecule has 0 spiro atoms. The molecular weight excluding hydrogens is 264 g/mol. The molecule has 0 nitrogen and oxygen atoms in total. The Hall–Kier alpha value is 0. The molecule has 0 aromatic carbocycles. The zero-order chi connectivity index (χ0) is 16.5. The Kier molecular flexibility index (Phi) is 17.4. The Morgan fingerprint density at radius 1 is 0.455 bits per heavy atom. The lowest BCUT2D eigenvalue weighted by Crippen LogP contribution is -1.96. The summed E-state index contributed by atoms with van der Waals surface area (Å²) in [5, 5.41) is 0. The maximum absolute atomic E-state index is 2.46. The topological polar surface area (TPSA) is 0 Å². The summed E-state index contributed by atoms with van der Waals surface area (Å²) < 4.78 is 0. The van der Waals surface area contributed by atoms with Crippen LogP contribution in [0.4, 0.5) is 0 Å². The lowest BCUT2D eigenvalue weighted by Gasteiger charge is -2.12. The molecule has 0 rings (SSSR count). The molecule has 0 bridgehead atoms. The van der Waals surface area contributed by atoms with Gasteiger partial charge in [-0.1, -0.05) is 130 Å². The van der Waals surface area contributed by atoms with E-state index in [-0.39, 0.29) is 0 Å². The summed E-state index contributed by atoms with van der Waals surface area (Å²) in [6.45, 7) is 9.44. The maximum atomic E-state index is 2.46. The fourth-order valence-electron chi connectivity index (χ4n) is 3.35. The van der Waals surface area contributed by atoms with Crippen molar-refractivity contribution < 1.29 is 0 Å². The van der Waals surface area contributed by atoms with Crippen LogP contribution in [-0.2, 0) is 0 Å². The van der Waals surface area contributed by atoms with Gasteiger partial charge in [-0.05, 0) is 11.8 Å². The third-order valence-corrected chi connectivity index (χ3v) is 5.03. The van der Waals surface area contributed by atoms with Gasteiger partial charge in [0.2, 0.25) is 0 Å². The molecular formula is C22H46. The van der Waals surface area contributed by atoms with Gasteiger partial charge in [0.1, 0.15) is 0 Å². The van der Waals surface area contributed by atoms with E-state index >= 15 is 0 Å². The Balaban J connectivity index is 3.10. The molecule has 0 heteroatoms. The van der Waals surface area contributed by atoms with Crippen LogP contribution in [0.2, 0.25) is 0 Å². The molecule has 0 radical (unpaired) electrons. The minimum absolute atomic E-state index is 0.888. The molecule has 1 unspecified atom stereocenters. The lowest BCUT2D eigenvalue weighted by atomic mass is 9.95. The van der Waals surface area contributed by atoms with Crippen LogP contribution in [0.15, 0.2) is 0 Å². The average molecular weight is 311 g/mol. The van der Waals surface area contributed by atoms with Gasteiger partial charge in [-0.15, -0.1) is 0 Å². The summed E-state index contributed by atoms with van der Waals surface area (Å²) in [6, 6.07) is 0. The third kappa shape index (κ3) is 18.1. The molecule has 0 aliphatic rings. The van der Waals surface area contributed by atoms with Crippen molar-refractivity contribution in [3.05, 3.63) is 0 Å². The monoisotopic (exact) mass is 310 g/mol. The predicted octanol–water partition coefficient (Wildman–Crippen LogP) is 8.54. The second-order valence-corrected chi connectivity index (χ2v) is 8.11. The molecule has 0 saturated carbocycles. The third-order valence-electron chi connectivity index (χ3n) is 5.03. The number of hydrogen-bond donors (Lipinski definition) is 0. The minimum atomic E-state index is 0.888. The highest BCUT2D eigenvalue weighted by atomic mass is 14.1. The zero-order valence-corrected chi connectivity index (χ0v) is 16.5. The van der Waals surface area contributed by atoms with Crippen molar-refractivity contribution in [1.82, 2.24) is 0 Å². The first-order valence-corrected chi connectivity index (χ1v) is 10.7. The molecule has 0 heterocycles. The highest BCUT2D eigenvalue weighted by Crippen LogP contribution is 2.19. The molecule has 0 N–H and O–H groups in total. The highest BCUT2D eigenvalue weighted by molar-refractivity contribution is 4.56. The van der Waals surface area contributed by atoms with Gasteiger partial charge < -0.3 is 0 Å². The Morgan fingerprint density at radius 2 is 0.864 bits per heavy atom. The van der Waals surface area contributed by atoms with Gasteiger partial charge >= 0.3 is 0 Å². The zero-order valence-electron chi connectivity index (χ0n) is 16.5. The van der Waals surface area contributed by atoms with Crippen molar-refractivity contribution in [1.29, 1.82) is 0 Å². The van der Waals surface area contributed by atoms with E-state index in [9.17, 15) is 0 Å². The second kappa shape index (κ2) is 17.4. The summed E-state index contributed by atoms with van der Waals surface area (Å²) in [4.78, 5) is 0. The largest absolute Gasteiger partial charge is 0.0654 e. The molecule has 0 fully saturated rings.